The first-order valence-corrected chi connectivity index (χ1v) is 7.90. The van der Waals surface area contributed by atoms with E-state index in [1.807, 2.05) is 18.7 Å². The van der Waals surface area contributed by atoms with Gasteiger partial charge in [0.05, 0.1) is 6.04 Å². The predicted molar refractivity (Wildman–Crippen MR) is 78.2 cm³/mol. The van der Waals surface area contributed by atoms with Gasteiger partial charge in [0, 0.05) is 25.0 Å². The first-order valence-electron chi connectivity index (χ1n) is 7.90. The number of nitrogens with zero attached hydrogens (tertiary/aromatic N) is 1. The lowest BCUT2D eigenvalue weighted by atomic mass is 10.00. The fourth-order valence-corrected chi connectivity index (χ4v) is 2.90. The van der Waals surface area contributed by atoms with Crippen molar-refractivity contribution in [2.75, 3.05) is 19.6 Å². The van der Waals surface area contributed by atoms with Crippen LogP contribution in [0.4, 0.5) is 0 Å². The van der Waals surface area contributed by atoms with E-state index >= 15 is 0 Å². The van der Waals surface area contributed by atoms with E-state index in [4.69, 9.17) is 0 Å². The van der Waals surface area contributed by atoms with Crippen LogP contribution in [0.1, 0.15) is 46.0 Å². The van der Waals surface area contributed by atoms with Crippen molar-refractivity contribution in [2.24, 2.45) is 5.92 Å². The molecule has 0 aliphatic carbocycles. The molecule has 0 unspecified atom stereocenters. The van der Waals surface area contributed by atoms with Crippen LogP contribution in [0.15, 0.2) is 0 Å². The lowest BCUT2D eigenvalue weighted by Crippen LogP contribution is -2.53. The standard InChI is InChI=1S/C15H27N3O2/c1-11(2)14(19)17-12-6-9-18(10-7-12)15(20)13-5-3-4-8-16-13/h11-13,16H,3-10H2,1-2H3,(H,17,19)/t13-/m0/s1. The molecule has 2 aliphatic rings. The first kappa shape index (κ1) is 15.3. The van der Waals surface area contributed by atoms with Crippen molar-refractivity contribution in [1.82, 2.24) is 15.5 Å². The van der Waals surface area contributed by atoms with Gasteiger partial charge in [-0.1, -0.05) is 20.3 Å². The van der Waals surface area contributed by atoms with E-state index in [1.54, 1.807) is 0 Å². The lowest BCUT2D eigenvalue weighted by molar-refractivity contribution is -0.135. The van der Waals surface area contributed by atoms with Crippen molar-refractivity contribution in [3.05, 3.63) is 0 Å². The predicted octanol–water partition coefficient (Wildman–Crippen LogP) is 0.892. The lowest BCUT2D eigenvalue weighted by Gasteiger charge is -2.35. The topological polar surface area (TPSA) is 61.4 Å². The number of hydrogen-bond donors (Lipinski definition) is 2. The van der Waals surface area contributed by atoms with Gasteiger partial charge in [0.2, 0.25) is 11.8 Å². The average molecular weight is 281 g/mol. The Morgan fingerprint density at radius 2 is 1.85 bits per heavy atom. The van der Waals surface area contributed by atoms with Gasteiger partial charge in [0.1, 0.15) is 0 Å². The zero-order valence-corrected chi connectivity index (χ0v) is 12.7. The van der Waals surface area contributed by atoms with E-state index < -0.39 is 0 Å². The maximum Gasteiger partial charge on any atom is 0.239 e. The molecule has 114 valence electrons. The van der Waals surface area contributed by atoms with Crippen LogP contribution in [0.25, 0.3) is 0 Å². The molecular weight excluding hydrogens is 254 g/mol. The summed E-state index contributed by atoms with van der Waals surface area (Å²) in [6.45, 7) is 6.29. The molecule has 0 aromatic carbocycles. The minimum Gasteiger partial charge on any atom is -0.353 e. The van der Waals surface area contributed by atoms with Crippen molar-refractivity contribution < 1.29 is 9.59 Å². The molecule has 5 heteroatoms. The SMILES string of the molecule is CC(C)C(=O)NC1CCN(C(=O)[C@@H]2CCCCN2)CC1. The van der Waals surface area contributed by atoms with E-state index in [0.717, 1.165) is 45.3 Å². The molecule has 0 radical (unpaired) electrons. The summed E-state index contributed by atoms with van der Waals surface area (Å²) in [4.78, 5) is 26.0. The summed E-state index contributed by atoms with van der Waals surface area (Å²) in [7, 11) is 0. The summed E-state index contributed by atoms with van der Waals surface area (Å²) in [6, 6.07) is 0.249. The number of carbonyl (C=O) groups excluding carboxylic acids is 2. The Hall–Kier alpha value is -1.10. The molecule has 0 spiro atoms. The minimum atomic E-state index is 0.0190. The van der Waals surface area contributed by atoms with Gasteiger partial charge in [-0.3, -0.25) is 9.59 Å². The van der Waals surface area contributed by atoms with Crippen LogP contribution in [-0.4, -0.2) is 48.4 Å². The molecule has 2 heterocycles. The number of rotatable bonds is 3. The van der Waals surface area contributed by atoms with Crippen LogP contribution < -0.4 is 10.6 Å². The van der Waals surface area contributed by atoms with Crippen LogP contribution in [-0.2, 0) is 9.59 Å². The number of hydrogen-bond acceptors (Lipinski definition) is 3. The second-order valence-electron chi connectivity index (χ2n) is 6.27. The van der Waals surface area contributed by atoms with E-state index in [1.165, 1.54) is 6.42 Å². The molecule has 0 aromatic rings. The van der Waals surface area contributed by atoms with Crippen molar-refractivity contribution in [1.29, 1.82) is 0 Å². The van der Waals surface area contributed by atoms with Crippen LogP contribution in [0.2, 0.25) is 0 Å². The molecule has 0 aromatic heterocycles. The zero-order valence-electron chi connectivity index (χ0n) is 12.7. The van der Waals surface area contributed by atoms with Crippen LogP contribution in [0.3, 0.4) is 0 Å². The molecule has 2 amide bonds. The number of amides is 2. The number of likely N-dealkylation sites (tertiary alicyclic amines) is 1. The van der Waals surface area contributed by atoms with E-state index in [2.05, 4.69) is 10.6 Å². The Morgan fingerprint density at radius 1 is 1.15 bits per heavy atom. The normalized spacial score (nSPS) is 24.8. The number of carbonyl (C=O) groups is 2. The van der Waals surface area contributed by atoms with E-state index in [-0.39, 0.29) is 29.8 Å². The van der Waals surface area contributed by atoms with Gasteiger partial charge in [0.15, 0.2) is 0 Å². The van der Waals surface area contributed by atoms with Gasteiger partial charge in [-0.15, -0.1) is 0 Å². The highest BCUT2D eigenvalue weighted by Crippen LogP contribution is 2.15. The molecule has 20 heavy (non-hydrogen) atoms. The van der Waals surface area contributed by atoms with Gasteiger partial charge in [-0.25, -0.2) is 0 Å². The van der Waals surface area contributed by atoms with Crippen molar-refractivity contribution in [3.63, 3.8) is 0 Å². The number of nitrogens with one attached hydrogen (secondary N) is 2. The van der Waals surface area contributed by atoms with Crippen LogP contribution >= 0.6 is 0 Å². The van der Waals surface area contributed by atoms with E-state index in [9.17, 15) is 9.59 Å². The van der Waals surface area contributed by atoms with Crippen molar-refractivity contribution >= 4 is 11.8 Å². The fourth-order valence-electron chi connectivity index (χ4n) is 2.90. The monoisotopic (exact) mass is 281 g/mol. The molecule has 0 saturated carbocycles. The van der Waals surface area contributed by atoms with Gasteiger partial charge >= 0.3 is 0 Å². The Labute approximate surface area is 121 Å². The maximum atomic E-state index is 12.4. The van der Waals surface area contributed by atoms with Crippen LogP contribution in [0.5, 0.6) is 0 Å². The molecule has 2 N–H and O–H groups in total. The summed E-state index contributed by atoms with van der Waals surface area (Å²) < 4.78 is 0. The third-order valence-corrected chi connectivity index (χ3v) is 4.29. The van der Waals surface area contributed by atoms with Crippen molar-refractivity contribution in [3.8, 4) is 0 Å². The molecule has 0 bridgehead atoms. The molecular formula is C15H27N3O2. The summed E-state index contributed by atoms with van der Waals surface area (Å²) in [5.41, 5.74) is 0. The van der Waals surface area contributed by atoms with Gasteiger partial charge in [-0.05, 0) is 32.2 Å². The molecule has 2 saturated heterocycles. The largest absolute Gasteiger partial charge is 0.353 e. The summed E-state index contributed by atoms with van der Waals surface area (Å²) in [5.74, 6) is 0.392. The molecule has 2 rings (SSSR count). The Morgan fingerprint density at radius 3 is 2.40 bits per heavy atom. The zero-order chi connectivity index (χ0) is 14.5. The summed E-state index contributed by atoms with van der Waals surface area (Å²) >= 11 is 0. The highest BCUT2D eigenvalue weighted by atomic mass is 16.2. The first-order chi connectivity index (χ1) is 9.58. The van der Waals surface area contributed by atoms with E-state index in [0.29, 0.717) is 0 Å². The quantitative estimate of drug-likeness (QED) is 0.808. The second-order valence-corrected chi connectivity index (χ2v) is 6.27. The highest BCUT2D eigenvalue weighted by Gasteiger charge is 2.29. The highest BCUT2D eigenvalue weighted by molar-refractivity contribution is 5.82. The Kier molecular flexibility index (Phi) is 5.40. The minimum absolute atomic E-state index is 0.0190. The Bertz CT molecular complexity index is 343. The molecule has 2 fully saturated rings. The Balaban J connectivity index is 1.76. The number of piperidine rings is 2. The molecule has 1 atom stereocenters. The molecule has 2 aliphatic heterocycles. The van der Waals surface area contributed by atoms with Crippen molar-refractivity contribution in [2.45, 2.75) is 58.0 Å². The summed E-state index contributed by atoms with van der Waals surface area (Å²) in [6.07, 6.45) is 5.02. The summed E-state index contributed by atoms with van der Waals surface area (Å²) in [5, 5.41) is 6.38. The van der Waals surface area contributed by atoms with Gasteiger partial charge in [-0.2, -0.15) is 0 Å². The maximum absolute atomic E-state index is 12.4. The fraction of sp³-hybridized carbons (Fsp3) is 0.867. The third kappa shape index (κ3) is 3.95. The van der Waals surface area contributed by atoms with Gasteiger partial charge < -0.3 is 15.5 Å². The average Bonchev–Trinajstić information content (AvgIpc) is 2.48. The molecule has 5 nitrogen and oxygen atoms in total. The smallest absolute Gasteiger partial charge is 0.239 e. The second kappa shape index (κ2) is 7.07. The van der Waals surface area contributed by atoms with Crippen LogP contribution in [0, 0.1) is 5.92 Å². The van der Waals surface area contributed by atoms with Gasteiger partial charge in [0.25, 0.3) is 0 Å². The third-order valence-electron chi connectivity index (χ3n) is 4.29.